The summed E-state index contributed by atoms with van der Waals surface area (Å²) in [6.45, 7) is 2.31. The lowest BCUT2D eigenvalue weighted by Gasteiger charge is -2.05. The smallest absolute Gasteiger partial charge is 0.115 e. The second-order valence-corrected chi connectivity index (χ2v) is 4.11. The number of allylic oxidation sites excluding steroid dienone is 1. The molecule has 1 N–H and O–H groups in total. The summed E-state index contributed by atoms with van der Waals surface area (Å²) in [5.41, 5.74) is 2.63. The van der Waals surface area contributed by atoms with Crippen molar-refractivity contribution in [3.63, 3.8) is 0 Å². The molecule has 0 radical (unpaired) electrons. The molecule has 72 valence electrons. The van der Waals surface area contributed by atoms with Crippen molar-refractivity contribution in [2.45, 2.75) is 6.42 Å². The SMILES string of the molecule is C1=C(c2cncnc2)CC2CNCC12. The summed E-state index contributed by atoms with van der Waals surface area (Å²) in [4.78, 5) is 8.11. The first-order valence-electron chi connectivity index (χ1n) is 5.10. The first-order chi connectivity index (χ1) is 6.93. The molecule has 1 aromatic heterocycles. The van der Waals surface area contributed by atoms with Gasteiger partial charge in [0.1, 0.15) is 6.33 Å². The van der Waals surface area contributed by atoms with Crippen LogP contribution in [0.2, 0.25) is 0 Å². The predicted octanol–water partition coefficient (Wildman–Crippen LogP) is 1.10. The van der Waals surface area contributed by atoms with Crippen LogP contribution in [-0.2, 0) is 0 Å². The Labute approximate surface area is 83.3 Å². The average molecular weight is 187 g/mol. The Morgan fingerprint density at radius 3 is 2.86 bits per heavy atom. The molecule has 1 aliphatic carbocycles. The van der Waals surface area contributed by atoms with Crippen LogP contribution in [0.1, 0.15) is 12.0 Å². The number of hydrogen-bond acceptors (Lipinski definition) is 3. The van der Waals surface area contributed by atoms with Crippen molar-refractivity contribution in [2.24, 2.45) is 11.8 Å². The molecule has 1 aromatic rings. The fraction of sp³-hybridized carbons (Fsp3) is 0.455. The highest BCUT2D eigenvalue weighted by Crippen LogP contribution is 2.37. The summed E-state index contributed by atoms with van der Waals surface area (Å²) in [5.74, 6) is 1.55. The van der Waals surface area contributed by atoms with E-state index in [1.807, 2.05) is 12.4 Å². The van der Waals surface area contributed by atoms with Gasteiger partial charge in [-0.1, -0.05) is 6.08 Å². The Kier molecular flexibility index (Phi) is 1.84. The van der Waals surface area contributed by atoms with E-state index in [1.54, 1.807) is 6.33 Å². The van der Waals surface area contributed by atoms with Crippen LogP contribution in [0.3, 0.4) is 0 Å². The van der Waals surface area contributed by atoms with Gasteiger partial charge in [0.2, 0.25) is 0 Å². The molecule has 0 amide bonds. The molecule has 3 heteroatoms. The molecule has 3 nitrogen and oxygen atoms in total. The molecule has 0 aromatic carbocycles. The van der Waals surface area contributed by atoms with E-state index in [2.05, 4.69) is 21.4 Å². The van der Waals surface area contributed by atoms with Gasteiger partial charge < -0.3 is 5.32 Å². The van der Waals surface area contributed by atoms with Crippen LogP contribution in [0.5, 0.6) is 0 Å². The van der Waals surface area contributed by atoms with E-state index in [4.69, 9.17) is 0 Å². The number of aromatic nitrogens is 2. The highest BCUT2D eigenvalue weighted by Gasteiger charge is 2.31. The van der Waals surface area contributed by atoms with Gasteiger partial charge in [-0.3, -0.25) is 0 Å². The number of fused-ring (bicyclic) bond motifs is 1. The van der Waals surface area contributed by atoms with Crippen LogP contribution in [0.15, 0.2) is 24.8 Å². The summed E-state index contributed by atoms with van der Waals surface area (Å²) in [6.07, 6.45) is 8.98. The summed E-state index contributed by atoms with van der Waals surface area (Å²) in [7, 11) is 0. The van der Waals surface area contributed by atoms with Gasteiger partial charge >= 0.3 is 0 Å². The molecule has 0 spiro atoms. The Morgan fingerprint density at radius 1 is 1.21 bits per heavy atom. The Bertz CT molecular complexity index is 358. The molecule has 1 saturated heterocycles. The molecule has 2 aliphatic rings. The van der Waals surface area contributed by atoms with Gasteiger partial charge in [0, 0.05) is 24.5 Å². The highest BCUT2D eigenvalue weighted by molar-refractivity contribution is 5.67. The summed E-state index contributed by atoms with van der Waals surface area (Å²) in [5, 5.41) is 3.42. The molecule has 2 unspecified atom stereocenters. The van der Waals surface area contributed by atoms with Gasteiger partial charge in [-0.05, 0) is 30.4 Å². The first kappa shape index (κ1) is 8.12. The minimum absolute atomic E-state index is 0.741. The molecule has 0 bridgehead atoms. The zero-order valence-corrected chi connectivity index (χ0v) is 7.98. The third kappa shape index (κ3) is 1.24. The quantitative estimate of drug-likeness (QED) is 0.715. The minimum Gasteiger partial charge on any atom is -0.316 e. The van der Waals surface area contributed by atoms with E-state index in [0.29, 0.717) is 0 Å². The lowest BCUT2D eigenvalue weighted by atomic mass is 9.99. The maximum absolute atomic E-state index is 4.06. The second kappa shape index (κ2) is 3.17. The molecule has 3 rings (SSSR count). The van der Waals surface area contributed by atoms with Gasteiger partial charge in [0.05, 0.1) is 0 Å². The van der Waals surface area contributed by atoms with Gasteiger partial charge in [-0.25, -0.2) is 9.97 Å². The maximum atomic E-state index is 4.06. The monoisotopic (exact) mass is 187 g/mol. The normalized spacial score (nSPS) is 30.1. The number of nitrogens with zero attached hydrogens (tertiary/aromatic N) is 2. The van der Waals surface area contributed by atoms with Crippen molar-refractivity contribution in [3.05, 3.63) is 30.4 Å². The first-order valence-corrected chi connectivity index (χ1v) is 5.10. The zero-order chi connectivity index (χ0) is 9.38. The lowest BCUT2D eigenvalue weighted by Crippen LogP contribution is -2.09. The third-order valence-corrected chi connectivity index (χ3v) is 3.22. The Balaban J connectivity index is 1.88. The van der Waals surface area contributed by atoms with Crippen LogP contribution < -0.4 is 5.32 Å². The van der Waals surface area contributed by atoms with Crippen LogP contribution in [-0.4, -0.2) is 23.1 Å². The number of rotatable bonds is 1. The van der Waals surface area contributed by atoms with E-state index in [1.165, 1.54) is 24.1 Å². The van der Waals surface area contributed by atoms with Crippen molar-refractivity contribution in [1.82, 2.24) is 15.3 Å². The zero-order valence-electron chi connectivity index (χ0n) is 7.98. The van der Waals surface area contributed by atoms with Crippen LogP contribution in [0.4, 0.5) is 0 Å². The van der Waals surface area contributed by atoms with E-state index < -0.39 is 0 Å². The van der Waals surface area contributed by atoms with Crippen molar-refractivity contribution in [1.29, 1.82) is 0 Å². The van der Waals surface area contributed by atoms with Crippen LogP contribution in [0, 0.1) is 11.8 Å². The predicted molar refractivity (Wildman–Crippen MR) is 54.5 cm³/mol. The Hall–Kier alpha value is -1.22. The van der Waals surface area contributed by atoms with Crippen molar-refractivity contribution in [3.8, 4) is 0 Å². The topological polar surface area (TPSA) is 37.8 Å². The van der Waals surface area contributed by atoms with Gasteiger partial charge in [-0.15, -0.1) is 0 Å². The molecule has 2 atom stereocenters. The van der Waals surface area contributed by atoms with E-state index in [-0.39, 0.29) is 0 Å². The standard InChI is InChI=1S/C11H13N3/c1-8(11-5-13-7-14-6-11)2-10-4-12-3-9(1)10/h1,5-7,9-10,12H,2-4H2. The summed E-state index contributed by atoms with van der Waals surface area (Å²) < 4.78 is 0. The molecule has 1 fully saturated rings. The summed E-state index contributed by atoms with van der Waals surface area (Å²) in [6, 6.07) is 0. The van der Waals surface area contributed by atoms with E-state index in [0.717, 1.165) is 18.4 Å². The lowest BCUT2D eigenvalue weighted by molar-refractivity contribution is 0.536. The average Bonchev–Trinajstić information content (AvgIpc) is 2.78. The van der Waals surface area contributed by atoms with E-state index in [9.17, 15) is 0 Å². The maximum Gasteiger partial charge on any atom is 0.115 e. The largest absolute Gasteiger partial charge is 0.316 e. The number of nitrogens with one attached hydrogen (secondary N) is 1. The Morgan fingerprint density at radius 2 is 2.07 bits per heavy atom. The van der Waals surface area contributed by atoms with Crippen molar-refractivity contribution < 1.29 is 0 Å². The molecule has 14 heavy (non-hydrogen) atoms. The molecule has 2 heterocycles. The molecular formula is C11H13N3. The fourth-order valence-corrected chi connectivity index (χ4v) is 2.46. The van der Waals surface area contributed by atoms with E-state index >= 15 is 0 Å². The van der Waals surface area contributed by atoms with Gasteiger partial charge in [-0.2, -0.15) is 0 Å². The number of hydrogen-bond donors (Lipinski definition) is 1. The summed E-state index contributed by atoms with van der Waals surface area (Å²) >= 11 is 0. The molecule has 1 aliphatic heterocycles. The molecule has 0 saturated carbocycles. The van der Waals surface area contributed by atoms with Crippen LogP contribution in [0.25, 0.3) is 5.57 Å². The van der Waals surface area contributed by atoms with Gasteiger partial charge in [0.25, 0.3) is 0 Å². The molecular weight excluding hydrogens is 174 g/mol. The van der Waals surface area contributed by atoms with Gasteiger partial charge in [0.15, 0.2) is 0 Å². The fourth-order valence-electron chi connectivity index (χ4n) is 2.46. The van der Waals surface area contributed by atoms with Crippen molar-refractivity contribution >= 4 is 5.57 Å². The minimum atomic E-state index is 0.741. The highest BCUT2D eigenvalue weighted by atomic mass is 14.9. The second-order valence-electron chi connectivity index (χ2n) is 4.11. The van der Waals surface area contributed by atoms with Crippen molar-refractivity contribution in [2.75, 3.05) is 13.1 Å². The van der Waals surface area contributed by atoms with Crippen LogP contribution >= 0.6 is 0 Å². The third-order valence-electron chi connectivity index (χ3n) is 3.22.